The predicted molar refractivity (Wildman–Crippen MR) is 240 cm³/mol. The van der Waals surface area contributed by atoms with E-state index < -0.39 is 135 Å². The lowest BCUT2D eigenvalue weighted by Gasteiger charge is -2.44. The van der Waals surface area contributed by atoms with Crippen LogP contribution in [0, 0.1) is 11.8 Å². The van der Waals surface area contributed by atoms with Crippen LogP contribution in [0.2, 0.25) is 0 Å². The number of phenolic OH excluding ortho intramolecular Hbond substituents is 1. The van der Waals surface area contributed by atoms with E-state index in [2.05, 4.69) is 29.3 Å². The number of cyclic esters (lactones) is 1. The van der Waals surface area contributed by atoms with E-state index in [-0.39, 0.29) is 63.2 Å². The van der Waals surface area contributed by atoms with Crippen molar-refractivity contribution in [2.24, 2.45) is 28.3 Å². The van der Waals surface area contributed by atoms with Crippen molar-refractivity contribution in [3.63, 3.8) is 0 Å². The van der Waals surface area contributed by atoms with Gasteiger partial charge >= 0.3 is 26.8 Å². The lowest BCUT2D eigenvalue weighted by atomic mass is 9.91. The number of nitrogens with one attached hydrogen (secondary N) is 4. The molecule has 0 aliphatic carbocycles. The summed E-state index contributed by atoms with van der Waals surface area (Å²) in [5.74, 6) is -9.74. The van der Waals surface area contributed by atoms with E-state index in [9.17, 15) is 65.2 Å². The number of hydrogen-bond donors (Lipinski definition) is 10. The van der Waals surface area contributed by atoms with Crippen LogP contribution in [-0.4, -0.2) is 168 Å². The number of guanidine groups is 1. The van der Waals surface area contributed by atoms with Crippen molar-refractivity contribution in [3.05, 3.63) is 29.8 Å². The Balaban J connectivity index is 2.30. The number of nitrogens with two attached hydrogens (primary N) is 2. The number of aliphatic imine (C=N–C) groups is 1. The maximum Gasteiger partial charge on any atom is 0.398 e. The van der Waals surface area contributed by atoms with Crippen molar-refractivity contribution in [2.45, 2.75) is 134 Å². The van der Waals surface area contributed by atoms with E-state index in [4.69, 9.17) is 20.8 Å². The van der Waals surface area contributed by atoms with Gasteiger partial charge in [-0.15, -0.1) is 0 Å². The number of aliphatic hydroxyl groups excluding tert-OH is 1. The molecule has 6 amide bonds. The van der Waals surface area contributed by atoms with E-state index >= 15 is 0 Å². The molecule has 1 aromatic carbocycles. The Hall–Kier alpha value is -5.72. The first kappa shape index (κ1) is 57.6. The summed E-state index contributed by atoms with van der Waals surface area (Å²) in [7, 11) is -9.68. The largest absolute Gasteiger partial charge is 0.508 e. The second-order valence-electron chi connectivity index (χ2n) is 16.8. The molecule has 2 heterocycles. The molecule has 2 aliphatic rings. The van der Waals surface area contributed by atoms with Crippen LogP contribution in [0.15, 0.2) is 29.3 Å². The highest BCUT2D eigenvalue weighted by Crippen LogP contribution is 2.28. The molecule has 2 aliphatic heterocycles. The topological polar surface area (TPSA) is 415 Å². The van der Waals surface area contributed by atoms with Gasteiger partial charge in [0.2, 0.25) is 29.5 Å². The fourth-order valence-electron chi connectivity index (χ4n) is 7.48. The van der Waals surface area contributed by atoms with Gasteiger partial charge in [-0.25, -0.2) is 13.2 Å². The van der Waals surface area contributed by atoms with Crippen LogP contribution in [0.25, 0.3) is 0 Å². The Morgan fingerprint density at radius 1 is 0.913 bits per heavy atom. The average molecular weight is 1020 g/mol. The van der Waals surface area contributed by atoms with Crippen molar-refractivity contribution in [1.29, 1.82) is 0 Å². The fraction of sp³-hybridized carbons (Fsp3) is 0.650. The summed E-state index contributed by atoms with van der Waals surface area (Å²) in [6.07, 6.45) is -6.39. The normalized spacial score (nSPS) is 26.2. The number of aliphatic hydroxyl groups is 1. The number of piperidine rings is 1. The number of benzene rings is 1. The maximum atomic E-state index is 14.8. The molecule has 69 heavy (non-hydrogen) atoms. The average Bonchev–Trinajstić information content (AvgIpc) is 3.26. The van der Waals surface area contributed by atoms with Crippen LogP contribution < -0.4 is 32.7 Å². The monoisotopic (exact) mass is 1020 g/mol. The standard InChI is InChI=1S/C40H63N9O18S2/c1-7-20(3)30-39(58)66-22(5)31(47-35(54)28(67-69(62,63)64)19-65-68(59,60)61)36(55)44-25(10-9-17-43-40(41)42)33(52)45-26-15-16-29(51)49(37(26)56)32(21(4)8-2)38(57)48(6)27(34(53)46-30)18-23-11-13-24(50)14-12-23/h11-14,20-22,25-32,50-51H,7-10,15-19H2,1-6H3,(H,44,55)(H,45,52)(H,46,53)(H,47,54)(H4,41,42,43)(H,59,60,61)(H,62,63,64)/t20-,21-,22+,25-,26-,27?,28+,29+,30-,31-,32-/m0/s1. The van der Waals surface area contributed by atoms with Crippen LogP contribution in [0.5, 0.6) is 5.75 Å². The summed E-state index contributed by atoms with van der Waals surface area (Å²) in [6, 6.07) is -4.01. The van der Waals surface area contributed by atoms with E-state index in [1.165, 1.54) is 31.3 Å². The molecule has 0 spiro atoms. The Labute approximate surface area is 399 Å². The van der Waals surface area contributed by atoms with Gasteiger partial charge < -0.3 is 57.5 Å². The summed E-state index contributed by atoms with van der Waals surface area (Å²) in [4.78, 5) is 106. The third-order valence-corrected chi connectivity index (χ3v) is 12.6. The molecule has 3 rings (SSSR count). The number of esters is 1. The molecule has 12 N–H and O–H groups in total. The highest BCUT2D eigenvalue weighted by atomic mass is 32.3. The van der Waals surface area contributed by atoms with Crippen molar-refractivity contribution >= 4 is 68.2 Å². The lowest BCUT2D eigenvalue weighted by molar-refractivity contribution is -0.168. The Morgan fingerprint density at radius 2 is 1.54 bits per heavy atom. The van der Waals surface area contributed by atoms with Crippen LogP contribution in [0.3, 0.4) is 0 Å². The van der Waals surface area contributed by atoms with Gasteiger partial charge in [0.05, 0.1) is 0 Å². The molecule has 11 atom stereocenters. The van der Waals surface area contributed by atoms with Gasteiger partial charge in [0, 0.05) is 20.0 Å². The summed E-state index contributed by atoms with van der Waals surface area (Å²) < 4.78 is 78.6. The summed E-state index contributed by atoms with van der Waals surface area (Å²) in [5.41, 5.74) is 11.3. The highest BCUT2D eigenvalue weighted by molar-refractivity contribution is 7.81. The number of ether oxygens (including phenoxy) is 1. The second kappa shape index (κ2) is 25.2. The first-order valence-corrected chi connectivity index (χ1v) is 24.6. The molecule has 388 valence electrons. The second-order valence-corrected chi connectivity index (χ2v) is 18.9. The van der Waals surface area contributed by atoms with E-state index in [0.29, 0.717) is 5.56 Å². The minimum absolute atomic E-state index is 0.0168. The zero-order chi connectivity index (χ0) is 52.1. The van der Waals surface area contributed by atoms with Gasteiger partial charge in [-0.2, -0.15) is 16.8 Å². The highest BCUT2D eigenvalue weighted by Gasteiger charge is 2.47. The minimum atomic E-state index is -5.59. The summed E-state index contributed by atoms with van der Waals surface area (Å²) >= 11 is 0. The first-order chi connectivity index (χ1) is 32.1. The van der Waals surface area contributed by atoms with Gasteiger partial charge in [0.15, 0.2) is 12.1 Å². The smallest absolute Gasteiger partial charge is 0.398 e. The molecular weight excluding hydrogens is 959 g/mol. The number of hydrogen-bond acceptors (Lipinski definition) is 17. The molecule has 1 unspecified atom stereocenters. The molecule has 0 saturated carbocycles. The zero-order valence-corrected chi connectivity index (χ0v) is 40.5. The minimum Gasteiger partial charge on any atom is -0.508 e. The quantitative estimate of drug-likeness (QED) is 0.0246. The number of rotatable bonds is 17. The maximum absolute atomic E-state index is 14.8. The first-order valence-electron chi connectivity index (χ1n) is 21.9. The number of likely N-dealkylation sites (N-methyl/N-ethyl adjacent to an activating group) is 1. The number of carbonyl (C=O) groups excluding carboxylic acids is 7. The van der Waals surface area contributed by atoms with Gasteiger partial charge in [-0.1, -0.05) is 52.7 Å². The van der Waals surface area contributed by atoms with Crippen LogP contribution in [-0.2, 0) is 73.9 Å². The molecule has 2 saturated heterocycles. The van der Waals surface area contributed by atoms with E-state index in [0.717, 1.165) is 16.7 Å². The number of amides is 6. The molecule has 1 aromatic rings. The number of fused-ring (bicyclic) bond motifs is 2. The van der Waals surface area contributed by atoms with Crippen molar-refractivity contribution in [1.82, 2.24) is 31.1 Å². The Morgan fingerprint density at radius 3 is 2.10 bits per heavy atom. The number of carbonyl (C=O) groups is 7. The molecule has 2 bridgehead atoms. The van der Waals surface area contributed by atoms with E-state index in [1.807, 2.05) is 5.32 Å². The molecule has 29 heteroatoms. The number of nitrogens with zero attached hydrogens (tertiary/aromatic N) is 3. The molecule has 0 radical (unpaired) electrons. The van der Waals surface area contributed by atoms with Crippen molar-refractivity contribution in [3.8, 4) is 5.75 Å². The molecule has 0 aromatic heterocycles. The zero-order valence-electron chi connectivity index (χ0n) is 38.8. The van der Waals surface area contributed by atoms with Gasteiger partial charge in [-0.05, 0) is 62.1 Å². The van der Waals surface area contributed by atoms with Crippen LogP contribution in [0.1, 0.15) is 78.7 Å². The third-order valence-electron chi connectivity index (χ3n) is 11.7. The summed E-state index contributed by atoms with van der Waals surface area (Å²) in [5, 5.41) is 31.0. The van der Waals surface area contributed by atoms with Gasteiger partial charge in [0.1, 0.15) is 60.9 Å². The Kier molecular flexibility index (Phi) is 21.1. The molecule has 27 nitrogen and oxygen atoms in total. The molecular formula is C40H63N9O18S2. The molecule has 2 fully saturated rings. The SMILES string of the molecule is CC[C@H](C)[C@@H]1NC(=O)C(Cc2ccc(O)cc2)N(C)C(=O)[C@H]([C@@H](C)CC)N2C(=O)[C@H](CC[C@H]2O)NC(=O)[C@H](CCCN=C(N)N)NC(=O)[C@@H](NC(=O)[C@@H](COS(=O)(=O)O)OS(=O)(=O)O)[C@@H](C)OC1=O. The number of aromatic hydroxyl groups is 1. The van der Waals surface area contributed by atoms with Crippen LogP contribution >= 0.6 is 0 Å². The van der Waals surface area contributed by atoms with Crippen molar-refractivity contribution in [2.75, 3.05) is 20.2 Å². The third kappa shape index (κ3) is 17.0. The van der Waals surface area contributed by atoms with Gasteiger partial charge in [-0.3, -0.25) is 42.9 Å². The van der Waals surface area contributed by atoms with Gasteiger partial charge in [0.25, 0.3) is 5.91 Å². The number of phenols is 1. The fourth-order valence-corrected chi connectivity index (χ4v) is 8.21. The predicted octanol–water partition coefficient (Wildman–Crippen LogP) is -2.89. The summed E-state index contributed by atoms with van der Waals surface area (Å²) in [6.45, 7) is 5.97. The van der Waals surface area contributed by atoms with E-state index in [1.54, 1.807) is 27.7 Å². The van der Waals surface area contributed by atoms with Crippen LogP contribution in [0.4, 0.5) is 0 Å². The van der Waals surface area contributed by atoms with Crippen molar-refractivity contribution < 1.29 is 82.8 Å². The lowest BCUT2D eigenvalue weighted by Crippen LogP contribution is -2.66. The Bertz CT molecular complexity index is 2270.